The van der Waals surface area contributed by atoms with E-state index in [-0.39, 0.29) is 36.1 Å². The predicted octanol–water partition coefficient (Wildman–Crippen LogP) is 1.75. The number of epoxide rings is 2. The molecule has 0 aliphatic carbocycles. The first kappa shape index (κ1) is 17.6. The molecule has 0 spiro atoms. The Labute approximate surface area is 138 Å². The molecular formula is C17H30O6. The van der Waals surface area contributed by atoms with Crippen LogP contribution < -0.4 is 0 Å². The number of hydrogen-bond donors (Lipinski definition) is 0. The molecular weight excluding hydrogens is 300 g/mol. The van der Waals surface area contributed by atoms with Gasteiger partial charge in [0.1, 0.15) is 18.3 Å². The Kier molecular flexibility index (Phi) is 5.93. The lowest BCUT2D eigenvalue weighted by molar-refractivity contribution is -0.166. The largest absolute Gasteiger partial charge is 0.378 e. The first-order valence-corrected chi connectivity index (χ1v) is 8.78. The van der Waals surface area contributed by atoms with E-state index < -0.39 is 0 Å². The highest BCUT2D eigenvalue weighted by Crippen LogP contribution is 2.32. The lowest BCUT2D eigenvalue weighted by Crippen LogP contribution is -2.38. The maximum absolute atomic E-state index is 6.17. The van der Waals surface area contributed by atoms with E-state index in [9.17, 15) is 0 Å². The molecule has 0 N–H and O–H groups in total. The van der Waals surface area contributed by atoms with Crippen LogP contribution in [0.25, 0.3) is 0 Å². The van der Waals surface area contributed by atoms with Crippen molar-refractivity contribution in [3.8, 4) is 0 Å². The molecule has 0 radical (unpaired) electrons. The van der Waals surface area contributed by atoms with Gasteiger partial charge in [-0.3, -0.25) is 0 Å². The monoisotopic (exact) mass is 330 g/mol. The van der Waals surface area contributed by atoms with Crippen LogP contribution in [0.2, 0.25) is 0 Å². The molecule has 5 unspecified atom stereocenters. The third-order valence-corrected chi connectivity index (χ3v) is 4.41. The fourth-order valence-corrected chi connectivity index (χ4v) is 2.77. The van der Waals surface area contributed by atoms with Gasteiger partial charge in [-0.2, -0.15) is 0 Å². The van der Waals surface area contributed by atoms with Crippen molar-refractivity contribution in [1.82, 2.24) is 0 Å². The topological polar surface area (TPSA) is 62.0 Å². The number of hydrogen-bond acceptors (Lipinski definition) is 6. The summed E-state index contributed by atoms with van der Waals surface area (Å²) in [5.41, 5.74) is -0.194. The van der Waals surface area contributed by atoms with Crippen molar-refractivity contribution in [2.75, 3.05) is 39.6 Å². The Morgan fingerprint density at radius 3 is 2.39 bits per heavy atom. The molecule has 0 aromatic rings. The van der Waals surface area contributed by atoms with Crippen LogP contribution in [0.4, 0.5) is 0 Å². The van der Waals surface area contributed by atoms with Crippen molar-refractivity contribution in [2.45, 2.75) is 64.3 Å². The number of rotatable bonds is 11. The Bertz CT molecular complexity index is 366. The van der Waals surface area contributed by atoms with E-state index in [2.05, 4.69) is 20.8 Å². The van der Waals surface area contributed by atoms with Crippen molar-refractivity contribution in [2.24, 2.45) is 5.41 Å². The summed E-state index contributed by atoms with van der Waals surface area (Å²) in [6.45, 7) is 10.5. The van der Waals surface area contributed by atoms with Crippen LogP contribution in [0, 0.1) is 5.41 Å². The maximum Gasteiger partial charge on any atom is 0.165 e. The van der Waals surface area contributed by atoms with Gasteiger partial charge in [0.25, 0.3) is 0 Å². The van der Waals surface area contributed by atoms with E-state index in [1.807, 2.05) is 0 Å². The summed E-state index contributed by atoms with van der Waals surface area (Å²) in [6.07, 6.45) is 2.42. The van der Waals surface area contributed by atoms with Gasteiger partial charge in [0, 0.05) is 5.41 Å². The summed E-state index contributed by atoms with van der Waals surface area (Å²) in [5.74, 6) is 0. The standard InChI is InChI=1S/C17H30O6/c1-4-5-14(21-9-13-8-20-13)15-10-22-16(23-15)17(2,3)11-18-6-12-7-19-12/h12-16H,4-11H2,1-3H3. The molecule has 3 saturated heterocycles. The van der Waals surface area contributed by atoms with Crippen molar-refractivity contribution < 1.29 is 28.4 Å². The minimum Gasteiger partial charge on any atom is -0.378 e. The molecule has 3 aliphatic rings. The molecule has 3 fully saturated rings. The van der Waals surface area contributed by atoms with Crippen LogP contribution in [-0.4, -0.2) is 70.3 Å². The highest BCUT2D eigenvalue weighted by Gasteiger charge is 2.42. The summed E-state index contributed by atoms with van der Waals surface area (Å²) in [6, 6.07) is 0. The van der Waals surface area contributed by atoms with Crippen LogP contribution in [0.3, 0.4) is 0 Å². The number of ether oxygens (including phenoxy) is 6. The van der Waals surface area contributed by atoms with Gasteiger partial charge < -0.3 is 28.4 Å². The third kappa shape index (κ3) is 5.37. The molecule has 5 atom stereocenters. The summed E-state index contributed by atoms with van der Waals surface area (Å²) in [7, 11) is 0. The maximum atomic E-state index is 6.17. The smallest absolute Gasteiger partial charge is 0.165 e. The van der Waals surface area contributed by atoms with Gasteiger partial charge in [-0.05, 0) is 6.42 Å². The molecule has 3 aliphatic heterocycles. The second kappa shape index (κ2) is 7.76. The SMILES string of the molecule is CCCC(OCC1CO1)C1COC(C(C)(C)COCC2CO2)O1. The van der Waals surface area contributed by atoms with Crippen molar-refractivity contribution in [3.63, 3.8) is 0 Å². The van der Waals surface area contributed by atoms with Crippen LogP contribution in [0.1, 0.15) is 33.6 Å². The second-order valence-corrected chi connectivity index (χ2v) is 7.41. The first-order chi connectivity index (χ1) is 11.1. The normalized spacial score (nSPS) is 34.6. The van der Waals surface area contributed by atoms with E-state index in [1.165, 1.54) is 0 Å². The first-order valence-electron chi connectivity index (χ1n) is 8.78. The van der Waals surface area contributed by atoms with Gasteiger partial charge in [-0.1, -0.05) is 27.2 Å². The molecule has 3 heterocycles. The molecule has 6 nitrogen and oxygen atoms in total. The van der Waals surface area contributed by atoms with Gasteiger partial charge in [-0.25, -0.2) is 0 Å². The molecule has 6 heteroatoms. The summed E-state index contributed by atoms with van der Waals surface area (Å²) in [5, 5.41) is 0. The highest BCUT2D eigenvalue weighted by atomic mass is 16.7. The van der Waals surface area contributed by atoms with Gasteiger partial charge in [-0.15, -0.1) is 0 Å². The molecule has 0 bridgehead atoms. The molecule has 23 heavy (non-hydrogen) atoms. The van der Waals surface area contributed by atoms with Crippen LogP contribution in [0.5, 0.6) is 0 Å². The summed E-state index contributed by atoms with van der Waals surface area (Å²) < 4.78 is 34.2. The lowest BCUT2D eigenvalue weighted by Gasteiger charge is -2.30. The average molecular weight is 330 g/mol. The van der Waals surface area contributed by atoms with Crippen LogP contribution in [0.15, 0.2) is 0 Å². The Morgan fingerprint density at radius 2 is 1.74 bits per heavy atom. The van der Waals surface area contributed by atoms with E-state index >= 15 is 0 Å². The fourth-order valence-electron chi connectivity index (χ4n) is 2.77. The molecule has 134 valence electrons. The fraction of sp³-hybridized carbons (Fsp3) is 1.00. The van der Waals surface area contributed by atoms with Crippen molar-refractivity contribution in [3.05, 3.63) is 0 Å². The zero-order valence-corrected chi connectivity index (χ0v) is 14.5. The Balaban J connectivity index is 1.44. The summed E-state index contributed by atoms with van der Waals surface area (Å²) in [4.78, 5) is 0. The molecule has 0 saturated carbocycles. The van der Waals surface area contributed by atoms with E-state index in [4.69, 9.17) is 28.4 Å². The van der Waals surface area contributed by atoms with E-state index in [1.54, 1.807) is 0 Å². The third-order valence-electron chi connectivity index (χ3n) is 4.41. The molecule has 0 amide bonds. The Hall–Kier alpha value is -0.240. The zero-order chi connectivity index (χ0) is 16.3. The highest BCUT2D eigenvalue weighted by molar-refractivity contribution is 4.83. The van der Waals surface area contributed by atoms with Gasteiger partial charge >= 0.3 is 0 Å². The van der Waals surface area contributed by atoms with Gasteiger partial charge in [0.05, 0.1) is 45.7 Å². The molecule has 3 rings (SSSR count). The van der Waals surface area contributed by atoms with Crippen molar-refractivity contribution >= 4 is 0 Å². The average Bonchev–Trinajstić information content (AvgIpc) is 3.44. The lowest BCUT2D eigenvalue weighted by atomic mass is 9.94. The van der Waals surface area contributed by atoms with E-state index in [0.29, 0.717) is 26.4 Å². The minimum absolute atomic E-state index is 0.00950. The minimum atomic E-state index is -0.257. The zero-order valence-electron chi connectivity index (χ0n) is 14.5. The van der Waals surface area contributed by atoms with Crippen LogP contribution >= 0.6 is 0 Å². The van der Waals surface area contributed by atoms with Gasteiger partial charge in [0.2, 0.25) is 0 Å². The van der Waals surface area contributed by atoms with Crippen LogP contribution in [-0.2, 0) is 28.4 Å². The Morgan fingerprint density at radius 1 is 1.04 bits per heavy atom. The predicted molar refractivity (Wildman–Crippen MR) is 83.3 cm³/mol. The van der Waals surface area contributed by atoms with Gasteiger partial charge in [0.15, 0.2) is 6.29 Å². The molecule has 0 aromatic carbocycles. The second-order valence-electron chi connectivity index (χ2n) is 7.41. The quantitative estimate of drug-likeness (QED) is 0.538. The molecule has 0 aromatic heterocycles. The van der Waals surface area contributed by atoms with E-state index in [0.717, 1.165) is 26.1 Å². The summed E-state index contributed by atoms with van der Waals surface area (Å²) >= 11 is 0. The van der Waals surface area contributed by atoms with Crippen molar-refractivity contribution in [1.29, 1.82) is 0 Å².